The lowest BCUT2D eigenvalue weighted by atomic mass is 10.1. The number of halogens is 1. The third-order valence-corrected chi connectivity index (χ3v) is 2.86. The highest BCUT2D eigenvalue weighted by Crippen LogP contribution is 2.11. The molecular formula is C16H12Br. The minimum atomic E-state index is 1.10. The van der Waals surface area contributed by atoms with Gasteiger partial charge in [0.05, 0.1) is 0 Å². The molecule has 1 heteroatoms. The molecule has 0 saturated carbocycles. The van der Waals surface area contributed by atoms with Gasteiger partial charge in [0.2, 0.25) is 0 Å². The highest BCUT2D eigenvalue weighted by atomic mass is 79.9. The van der Waals surface area contributed by atoms with Crippen molar-refractivity contribution in [3.05, 3.63) is 83.3 Å². The maximum atomic E-state index is 3.29. The topological polar surface area (TPSA) is 0 Å². The molecule has 0 aliphatic carbocycles. The summed E-state index contributed by atoms with van der Waals surface area (Å²) < 4.78 is 1.10. The first-order chi connectivity index (χ1) is 8.36. The van der Waals surface area contributed by atoms with Crippen LogP contribution in [0.1, 0.15) is 0 Å². The fourth-order valence-electron chi connectivity index (χ4n) is 1.50. The van der Waals surface area contributed by atoms with Crippen molar-refractivity contribution in [2.75, 3.05) is 0 Å². The van der Waals surface area contributed by atoms with E-state index in [0.29, 0.717) is 0 Å². The highest BCUT2D eigenvalue weighted by Gasteiger charge is 1.85. The van der Waals surface area contributed by atoms with E-state index < -0.39 is 0 Å². The molecule has 0 spiro atoms. The van der Waals surface area contributed by atoms with Gasteiger partial charge in [0.25, 0.3) is 0 Å². The molecule has 0 aliphatic heterocycles. The summed E-state index contributed by atoms with van der Waals surface area (Å²) in [5.41, 5.74) is 0. The lowest BCUT2D eigenvalue weighted by Gasteiger charge is -1.92. The van der Waals surface area contributed by atoms with E-state index in [-0.39, 0.29) is 0 Å². The normalized spacial score (nSPS) is 9.47. The second-order valence-corrected chi connectivity index (χ2v) is 4.48. The van der Waals surface area contributed by atoms with Gasteiger partial charge in [-0.15, -0.1) is 0 Å². The van der Waals surface area contributed by atoms with Crippen LogP contribution in [0.25, 0.3) is 10.8 Å². The Balaban J connectivity index is 0.000000136. The summed E-state index contributed by atoms with van der Waals surface area (Å²) in [6, 6.07) is 27.2. The van der Waals surface area contributed by atoms with E-state index in [1.54, 1.807) is 0 Å². The van der Waals surface area contributed by atoms with Crippen molar-refractivity contribution in [3.8, 4) is 0 Å². The van der Waals surface area contributed by atoms with Gasteiger partial charge in [-0.25, -0.2) is 0 Å². The molecule has 0 amide bonds. The molecule has 17 heavy (non-hydrogen) atoms. The molecule has 3 rings (SSSR count). The first-order valence-corrected chi connectivity index (χ1v) is 6.21. The first kappa shape index (κ1) is 11.9. The number of rotatable bonds is 0. The molecule has 3 aromatic rings. The van der Waals surface area contributed by atoms with Crippen LogP contribution in [-0.4, -0.2) is 0 Å². The fraction of sp³-hybridized carbons (Fsp3) is 0. The fourth-order valence-corrected chi connectivity index (χ4v) is 1.76. The second kappa shape index (κ2) is 6.21. The summed E-state index contributed by atoms with van der Waals surface area (Å²) in [6.45, 7) is 0. The standard InChI is InChI=1S/C10H8.C6H4Br/c1-2-6-10-8-4-3-7-9(10)5-1;7-6-4-2-1-3-5-6/h1-8H;2-5H. The summed E-state index contributed by atoms with van der Waals surface area (Å²) in [7, 11) is 0. The highest BCUT2D eigenvalue weighted by molar-refractivity contribution is 9.10. The molecule has 0 fully saturated rings. The number of hydrogen-bond acceptors (Lipinski definition) is 0. The molecule has 0 aromatic heterocycles. The van der Waals surface area contributed by atoms with Gasteiger partial charge < -0.3 is 0 Å². The van der Waals surface area contributed by atoms with Crippen LogP contribution in [0.3, 0.4) is 0 Å². The van der Waals surface area contributed by atoms with E-state index in [4.69, 9.17) is 0 Å². The van der Waals surface area contributed by atoms with Gasteiger partial charge in [-0.2, -0.15) is 0 Å². The Kier molecular flexibility index (Phi) is 4.34. The Hall–Kier alpha value is -1.60. The van der Waals surface area contributed by atoms with Gasteiger partial charge in [-0.1, -0.05) is 76.6 Å². The van der Waals surface area contributed by atoms with Crippen LogP contribution in [0.4, 0.5) is 0 Å². The minimum absolute atomic E-state index is 1.10. The molecule has 0 bridgehead atoms. The van der Waals surface area contributed by atoms with Gasteiger partial charge in [0.15, 0.2) is 0 Å². The van der Waals surface area contributed by atoms with Crippen molar-refractivity contribution in [2.24, 2.45) is 0 Å². The monoisotopic (exact) mass is 283 g/mol. The van der Waals surface area contributed by atoms with Crippen molar-refractivity contribution in [3.63, 3.8) is 0 Å². The van der Waals surface area contributed by atoms with Crippen LogP contribution in [0, 0.1) is 6.07 Å². The third kappa shape index (κ3) is 3.72. The average Bonchev–Trinajstić information content (AvgIpc) is 2.41. The molecule has 0 N–H and O–H groups in total. The van der Waals surface area contributed by atoms with E-state index in [1.165, 1.54) is 10.8 Å². The third-order valence-electron chi connectivity index (χ3n) is 2.34. The van der Waals surface area contributed by atoms with E-state index in [2.05, 4.69) is 70.5 Å². The lowest BCUT2D eigenvalue weighted by Crippen LogP contribution is -1.67. The van der Waals surface area contributed by atoms with E-state index in [9.17, 15) is 0 Å². The molecule has 0 atom stereocenters. The average molecular weight is 284 g/mol. The SMILES string of the molecule is Brc1cc[c]cc1.c1ccc2ccccc2c1. The number of benzene rings is 3. The zero-order chi connectivity index (χ0) is 11.9. The van der Waals surface area contributed by atoms with E-state index >= 15 is 0 Å². The molecule has 0 saturated heterocycles. The molecule has 0 heterocycles. The minimum Gasteiger partial charge on any atom is -0.0616 e. The second-order valence-electron chi connectivity index (χ2n) is 3.57. The van der Waals surface area contributed by atoms with Crippen molar-refractivity contribution in [2.45, 2.75) is 0 Å². The molecule has 0 unspecified atom stereocenters. The van der Waals surface area contributed by atoms with Crippen molar-refractivity contribution in [1.82, 2.24) is 0 Å². The number of hydrogen-bond donors (Lipinski definition) is 0. The van der Waals surface area contributed by atoms with Crippen LogP contribution < -0.4 is 0 Å². The zero-order valence-electron chi connectivity index (χ0n) is 9.31. The van der Waals surface area contributed by atoms with Crippen LogP contribution in [0.2, 0.25) is 0 Å². The predicted molar refractivity (Wildman–Crippen MR) is 76.9 cm³/mol. The molecule has 83 valence electrons. The summed E-state index contributed by atoms with van der Waals surface area (Å²) in [5, 5.41) is 2.62. The van der Waals surface area contributed by atoms with Crippen LogP contribution in [0.5, 0.6) is 0 Å². The maximum Gasteiger partial charge on any atom is 0.0175 e. The molecule has 0 nitrogen and oxygen atoms in total. The Morgan fingerprint density at radius 3 is 1.35 bits per heavy atom. The Morgan fingerprint density at radius 1 is 0.647 bits per heavy atom. The van der Waals surface area contributed by atoms with E-state index in [1.807, 2.05) is 24.3 Å². The van der Waals surface area contributed by atoms with Gasteiger partial charge in [-0.05, 0) is 29.0 Å². The summed E-state index contributed by atoms with van der Waals surface area (Å²) in [5.74, 6) is 0. The summed E-state index contributed by atoms with van der Waals surface area (Å²) >= 11 is 3.29. The maximum absolute atomic E-state index is 3.29. The van der Waals surface area contributed by atoms with Gasteiger partial charge >= 0.3 is 0 Å². The van der Waals surface area contributed by atoms with Crippen molar-refractivity contribution < 1.29 is 0 Å². The van der Waals surface area contributed by atoms with E-state index in [0.717, 1.165) is 4.47 Å². The van der Waals surface area contributed by atoms with Crippen molar-refractivity contribution >= 4 is 26.7 Å². The van der Waals surface area contributed by atoms with Crippen molar-refractivity contribution in [1.29, 1.82) is 0 Å². The molecule has 1 radical (unpaired) electrons. The molecule has 3 aromatic carbocycles. The van der Waals surface area contributed by atoms with Crippen LogP contribution in [0.15, 0.2) is 77.3 Å². The summed E-state index contributed by atoms with van der Waals surface area (Å²) in [4.78, 5) is 0. The smallest absolute Gasteiger partial charge is 0.0175 e. The first-order valence-electron chi connectivity index (χ1n) is 5.42. The summed E-state index contributed by atoms with van der Waals surface area (Å²) in [6.07, 6.45) is 0. The largest absolute Gasteiger partial charge is 0.0616 e. The Morgan fingerprint density at radius 2 is 1.06 bits per heavy atom. The predicted octanol–water partition coefficient (Wildman–Crippen LogP) is 5.09. The lowest BCUT2D eigenvalue weighted by molar-refractivity contribution is 1.64. The van der Waals surface area contributed by atoms with Crippen LogP contribution >= 0.6 is 15.9 Å². The Labute approximate surface area is 110 Å². The van der Waals surface area contributed by atoms with Crippen LogP contribution in [-0.2, 0) is 0 Å². The van der Waals surface area contributed by atoms with Gasteiger partial charge in [0.1, 0.15) is 0 Å². The molecule has 0 aliphatic rings. The van der Waals surface area contributed by atoms with Gasteiger partial charge in [0, 0.05) is 4.47 Å². The number of fused-ring (bicyclic) bond motifs is 1. The Bertz CT molecular complexity index is 508. The van der Waals surface area contributed by atoms with Gasteiger partial charge in [-0.3, -0.25) is 0 Å². The molecular weight excluding hydrogens is 272 g/mol. The zero-order valence-corrected chi connectivity index (χ0v) is 10.9. The quantitative estimate of drug-likeness (QED) is 0.539.